The molecule has 9 rings (SSSR count). The van der Waals surface area contributed by atoms with E-state index in [9.17, 15) is 0 Å². The lowest BCUT2D eigenvalue weighted by atomic mass is 9.62. The molecule has 0 bridgehead atoms. The second-order valence-electron chi connectivity index (χ2n) is 12.4. The second kappa shape index (κ2) is 10.5. The highest BCUT2D eigenvalue weighted by molar-refractivity contribution is 6.00. The van der Waals surface area contributed by atoms with Gasteiger partial charge < -0.3 is 9.99 Å². The van der Waals surface area contributed by atoms with E-state index in [1.165, 1.54) is 61.1 Å². The first kappa shape index (κ1) is 26.7. The molecule has 2 aliphatic rings. The molecule has 0 fully saturated rings. The van der Waals surface area contributed by atoms with Gasteiger partial charge in [0.25, 0.3) is 0 Å². The van der Waals surface area contributed by atoms with Crippen molar-refractivity contribution in [2.45, 2.75) is 11.8 Å². The molecule has 1 aromatic heterocycles. The zero-order valence-electron chi connectivity index (χ0n) is 25.4. The topological polar surface area (TPSA) is 43.0 Å². The first-order valence-corrected chi connectivity index (χ1v) is 16.0. The lowest BCUT2D eigenvalue weighted by Gasteiger charge is -2.39. The zero-order valence-corrected chi connectivity index (χ0v) is 25.4. The van der Waals surface area contributed by atoms with Crippen LogP contribution in [0.25, 0.3) is 39.4 Å². The molecule has 0 aliphatic heterocycles. The van der Waals surface area contributed by atoms with E-state index in [4.69, 9.17) is 5.84 Å². The molecule has 3 heteroatoms. The Balaban J connectivity index is 1.36. The summed E-state index contributed by atoms with van der Waals surface area (Å²) in [6.07, 6.45) is 3.41. The van der Waals surface area contributed by atoms with Gasteiger partial charge in [-0.1, -0.05) is 133 Å². The first-order valence-electron chi connectivity index (χ1n) is 16.0. The van der Waals surface area contributed by atoms with Gasteiger partial charge in [0.05, 0.1) is 22.3 Å². The van der Waals surface area contributed by atoms with Crippen molar-refractivity contribution < 1.29 is 0 Å². The number of aromatic nitrogens is 1. The first-order chi connectivity index (χ1) is 22.8. The zero-order chi connectivity index (χ0) is 30.7. The van der Waals surface area contributed by atoms with Crippen LogP contribution in [0.3, 0.4) is 0 Å². The molecule has 0 spiro atoms. The van der Waals surface area contributed by atoms with Crippen LogP contribution in [0.2, 0.25) is 0 Å². The van der Waals surface area contributed by atoms with Crippen LogP contribution in [0.5, 0.6) is 0 Å². The molecule has 220 valence electrons. The summed E-state index contributed by atoms with van der Waals surface area (Å²) >= 11 is 0. The summed E-state index contributed by atoms with van der Waals surface area (Å²) in [7, 11) is 0. The Morgan fingerprint density at radius 3 is 2.02 bits per heavy atom. The Morgan fingerprint density at radius 1 is 0.630 bits per heavy atom. The van der Waals surface area contributed by atoms with Gasteiger partial charge in [-0.15, -0.1) is 0 Å². The van der Waals surface area contributed by atoms with E-state index in [0.29, 0.717) is 0 Å². The largest absolute Gasteiger partial charge is 0.324 e. The average Bonchev–Trinajstić information content (AvgIpc) is 3.61. The molecule has 6 aromatic carbocycles. The van der Waals surface area contributed by atoms with Gasteiger partial charge in [-0.2, -0.15) is 0 Å². The molecule has 7 aromatic rings. The van der Waals surface area contributed by atoms with Gasteiger partial charge in [-0.05, 0) is 81.3 Å². The van der Waals surface area contributed by atoms with Crippen molar-refractivity contribution in [2.75, 3.05) is 5.43 Å². The van der Waals surface area contributed by atoms with Gasteiger partial charge in [0.1, 0.15) is 0 Å². The molecule has 0 saturated heterocycles. The maximum atomic E-state index is 5.92. The molecule has 0 amide bonds. The Kier molecular flexibility index (Phi) is 6.09. The number of fused-ring (bicyclic) bond motifs is 6. The molecule has 3 nitrogen and oxygen atoms in total. The van der Waals surface area contributed by atoms with Crippen LogP contribution in [0, 0.1) is 5.92 Å². The number of nitrogens with zero attached hydrogens (tertiary/aromatic N) is 1. The minimum atomic E-state index is -0.315. The minimum absolute atomic E-state index is 0.229. The molecule has 2 aliphatic carbocycles. The molecule has 0 saturated carbocycles. The van der Waals surface area contributed by atoms with E-state index in [0.717, 1.165) is 17.8 Å². The number of allylic oxidation sites excluding steroid dienone is 1. The molecule has 1 unspecified atom stereocenters. The van der Waals surface area contributed by atoms with Crippen LogP contribution < -0.4 is 11.3 Å². The van der Waals surface area contributed by atoms with Crippen LogP contribution in [0.4, 0.5) is 5.69 Å². The van der Waals surface area contributed by atoms with Crippen molar-refractivity contribution in [3.8, 4) is 16.8 Å². The number of hydrogen-bond acceptors (Lipinski definition) is 2. The van der Waals surface area contributed by atoms with Gasteiger partial charge in [0, 0.05) is 17.0 Å². The summed E-state index contributed by atoms with van der Waals surface area (Å²) in [4.78, 5) is 0. The van der Waals surface area contributed by atoms with Crippen LogP contribution in [-0.4, -0.2) is 4.57 Å². The molecular weight excluding hydrogens is 558 g/mol. The molecule has 1 heterocycles. The minimum Gasteiger partial charge on any atom is -0.324 e. The van der Waals surface area contributed by atoms with Crippen LogP contribution in [-0.2, 0) is 11.8 Å². The number of hydrogen-bond donors (Lipinski definition) is 2. The smallest absolute Gasteiger partial charge is 0.0543 e. The standard InChI is InChI=1S/C43H33N3/c44-45-33-19-12-20-34(26-33)46-41-25-30(29-13-4-1-5-14-29)23-24-36(41)38-27-40-37(28-42(38)46)35-21-10-11-22-39(35)43(40,31-15-6-2-7-16-31)32-17-8-3-9-18-32/h1-26,28,40,45H,27,44H2. The van der Waals surface area contributed by atoms with Crippen molar-refractivity contribution in [1.29, 1.82) is 0 Å². The third-order valence-corrected chi connectivity index (χ3v) is 10.2. The summed E-state index contributed by atoms with van der Waals surface area (Å²) < 4.78 is 2.44. The fraction of sp³-hybridized carbons (Fsp3) is 0.0698. The normalized spacial score (nSPS) is 15.9. The van der Waals surface area contributed by atoms with Gasteiger partial charge in [-0.25, -0.2) is 0 Å². The quantitative estimate of drug-likeness (QED) is 0.155. The Morgan fingerprint density at radius 2 is 1.30 bits per heavy atom. The Labute approximate surface area is 269 Å². The van der Waals surface area contributed by atoms with Gasteiger partial charge >= 0.3 is 0 Å². The van der Waals surface area contributed by atoms with Crippen LogP contribution in [0.1, 0.15) is 33.5 Å². The number of nitrogen functional groups attached to an aromatic ring is 1. The van der Waals surface area contributed by atoms with Gasteiger partial charge in [-0.3, -0.25) is 5.84 Å². The van der Waals surface area contributed by atoms with E-state index in [2.05, 4.69) is 168 Å². The highest BCUT2D eigenvalue weighted by Crippen LogP contribution is 2.61. The Hall–Kier alpha value is -5.64. The van der Waals surface area contributed by atoms with Crippen molar-refractivity contribution >= 4 is 28.2 Å². The third kappa shape index (κ3) is 3.82. The molecule has 0 radical (unpaired) electrons. The highest BCUT2D eigenvalue weighted by Gasteiger charge is 2.53. The third-order valence-electron chi connectivity index (χ3n) is 10.2. The van der Waals surface area contributed by atoms with Crippen molar-refractivity contribution in [3.63, 3.8) is 0 Å². The average molecular weight is 592 g/mol. The lowest BCUT2D eigenvalue weighted by molar-refractivity contribution is 0.478. The number of nitrogens with two attached hydrogens (primary N) is 1. The number of benzene rings is 6. The van der Waals surface area contributed by atoms with Crippen LogP contribution in [0.15, 0.2) is 158 Å². The Bertz CT molecular complexity index is 2220. The molecule has 46 heavy (non-hydrogen) atoms. The number of rotatable bonds is 5. The monoisotopic (exact) mass is 591 g/mol. The lowest BCUT2D eigenvalue weighted by Crippen LogP contribution is -2.36. The summed E-state index contributed by atoms with van der Waals surface area (Å²) in [5.74, 6) is 6.14. The van der Waals surface area contributed by atoms with Crippen molar-refractivity contribution in [1.82, 2.24) is 4.57 Å². The molecule has 3 N–H and O–H groups in total. The summed E-state index contributed by atoms with van der Waals surface area (Å²) in [6, 6.07) is 57.4. The van der Waals surface area contributed by atoms with E-state index in [1.807, 2.05) is 6.07 Å². The molecule has 1 atom stereocenters. The van der Waals surface area contributed by atoms with Crippen molar-refractivity contribution in [2.24, 2.45) is 11.8 Å². The fourth-order valence-electron chi connectivity index (χ4n) is 8.33. The predicted octanol–water partition coefficient (Wildman–Crippen LogP) is 9.64. The number of anilines is 1. The predicted molar refractivity (Wildman–Crippen MR) is 191 cm³/mol. The fourth-order valence-corrected chi connectivity index (χ4v) is 8.33. The van der Waals surface area contributed by atoms with E-state index < -0.39 is 0 Å². The maximum Gasteiger partial charge on any atom is 0.0543 e. The summed E-state index contributed by atoms with van der Waals surface area (Å²) in [6.45, 7) is 0. The van der Waals surface area contributed by atoms with Crippen LogP contribution >= 0.6 is 0 Å². The van der Waals surface area contributed by atoms with Crippen molar-refractivity contribution in [3.05, 3.63) is 191 Å². The van der Waals surface area contributed by atoms with E-state index in [1.54, 1.807) is 0 Å². The number of hydrazine groups is 1. The SMILES string of the molecule is NNc1cccc(-n2c3c(c4ccc(-c5ccccc5)cc42)CC2C(=C3)c3ccccc3C2(c2ccccc2)c2ccccc2)c1. The van der Waals surface area contributed by atoms with Gasteiger partial charge in [0.15, 0.2) is 0 Å². The summed E-state index contributed by atoms with van der Waals surface area (Å²) in [5, 5.41) is 1.29. The van der Waals surface area contributed by atoms with Gasteiger partial charge in [0.2, 0.25) is 0 Å². The highest BCUT2D eigenvalue weighted by atomic mass is 15.2. The maximum absolute atomic E-state index is 5.92. The molecular formula is C43H33N3. The van der Waals surface area contributed by atoms with E-state index in [-0.39, 0.29) is 11.3 Å². The number of nitrogens with one attached hydrogen (secondary N) is 1. The summed E-state index contributed by atoms with van der Waals surface area (Å²) in [5.41, 5.74) is 17.6. The van der Waals surface area contributed by atoms with E-state index >= 15 is 0 Å². The second-order valence-corrected chi connectivity index (χ2v) is 12.4.